The van der Waals surface area contributed by atoms with Crippen molar-refractivity contribution in [1.29, 1.82) is 0 Å². The molecule has 134 valence electrons. The molecule has 0 radical (unpaired) electrons. The van der Waals surface area contributed by atoms with Crippen molar-refractivity contribution < 1.29 is 13.9 Å². The minimum Gasteiger partial charge on any atom is -0.387 e. The van der Waals surface area contributed by atoms with E-state index in [2.05, 4.69) is 10.3 Å². The van der Waals surface area contributed by atoms with Gasteiger partial charge in [-0.25, -0.2) is 13.5 Å². The quantitative estimate of drug-likeness (QED) is 0.781. The van der Waals surface area contributed by atoms with Crippen LogP contribution in [0.15, 0.2) is 48.5 Å². The lowest BCUT2D eigenvalue weighted by molar-refractivity contribution is 0.102. The molecule has 1 atom stereocenters. The second-order valence-electron chi connectivity index (χ2n) is 6.40. The molecule has 2 aromatic carbocycles. The molecule has 7 heteroatoms. The zero-order chi connectivity index (χ0) is 18.1. The fraction of sp³-hybridized carbons (Fsp3) is 0.263. The van der Waals surface area contributed by atoms with Gasteiger partial charge in [-0.3, -0.25) is 4.90 Å². The van der Waals surface area contributed by atoms with Crippen molar-refractivity contribution in [2.45, 2.75) is 19.1 Å². The Morgan fingerprint density at radius 2 is 1.92 bits per heavy atom. The van der Waals surface area contributed by atoms with Crippen LogP contribution in [0.3, 0.4) is 0 Å². The second kappa shape index (κ2) is 6.93. The Labute approximate surface area is 149 Å². The average Bonchev–Trinajstić information content (AvgIpc) is 3.07. The van der Waals surface area contributed by atoms with E-state index in [-0.39, 0.29) is 12.1 Å². The van der Waals surface area contributed by atoms with Crippen LogP contribution in [-0.2, 0) is 13.0 Å². The highest BCUT2D eigenvalue weighted by Gasteiger charge is 2.25. The molecule has 1 aliphatic heterocycles. The Kier molecular flexibility index (Phi) is 4.48. The molecule has 1 unspecified atom stereocenters. The van der Waals surface area contributed by atoms with Gasteiger partial charge in [0.15, 0.2) is 0 Å². The topological polar surface area (TPSA) is 54.2 Å². The minimum absolute atomic E-state index is 0.0243. The molecule has 1 N–H and O–H groups in total. The summed E-state index contributed by atoms with van der Waals surface area (Å²) in [4.78, 5) is 1.97. The summed E-state index contributed by atoms with van der Waals surface area (Å²) in [5, 5.41) is 18.8. The average molecular weight is 356 g/mol. The molecule has 1 aromatic heterocycles. The van der Waals surface area contributed by atoms with Gasteiger partial charge in [-0.1, -0.05) is 23.4 Å². The van der Waals surface area contributed by atoms with Crippen LogP contribution in [0.25, 0.3) is 5.69 Å². The fourth-order valence-electron chi connectivity index (χ4n) is 3.31. The predicted molar refractivity (Wildman–Crippen MR) is 91.7 cm³/mol. The summed E-state index contributed by atoms with van der Waals surface area (Å²) in [7, 11) is 0. The summed E-state index contributed by atoms with van der Waals surface area (Å²) in [5.41, 5.74) is 2.81. The maximum absolute atomic E-state index is 13.8. The van der Waals surface area contributed by atoms with Gasteiger partial charge in [0.25, 0.3) is 0 Å². The van der Waals surface area contributed by atoms with Gasteiger partial charge in [0.1, 0.15) is 17.3 Å². The third kappa shape index (κ3) is 3.23. The lowest BCUT2D eigenvalue weighted by Crippen LogP contribution is -2.34. The van der Waals surface area contributed by atoms with E-state index < -0.39 is 17.7 Å². The van der Waals surface area contributed by atoms with Gasteiger partial charge in [0, 0.05) is 31.6 Å². The summed E-state index contributed by atoms with van der Waals surface area (Å²) in [5.74, 6) is -1.17. The molecule has 0 aliphatic carbocycles. The molecule has 2 heterocycles. The molecule has 0 amide bonds. The minimum atomic E-state index is -1.10. The Bertz CT molecular complexity index is 913. The van der Waals surface area contributed by atoms with E-state index in [1.54, 1.807) is 0 Å². The SMILES string of the molecule is OC(CN1CCc2c(nnn2-c2ccccc2)C1)c1cc(F)ccc1F. The number of aromatic nitrogens is 3. The number of halogens is 2. The number of hydrogen-bond acceptors (Lipinski definition) is 4. The number of fused-ring (bicyclic) bond motifs is 1. The molecular weight excluding hydrogens is 338 g/mol. The van der Waals surface area contributed by atoms with Crippen LogP contribution in [-0.4, -0.2) is 38.1 Å². The zero-order valence-electron chi connectivity index (χ0n) is 14.0. The Morgan fingerprint density at radius 3 is 2.73 bits per heavy atom. The number of aliphatic hydroxyl groups is 1. The third-order valence-corrected chi connectivity index (χ3v) is 4.63. The van der Waals surface area contributed by atoms with Crippen molar-refractivity contribution >= 4 is 0 Å². The molecule has 0 spiro atoms. The number of aliphatic hydroxyl groups excluding tert-OH is 1. The van der Waals surface area contributed by atoms with Crippen molar-refractivity contribution in [1.82, 2.24) is 19.9 Å². The van der Waals surface area contributed by atoms with Gasteiger partial charge < -0.3 is 5.11 Å². The van der Waals surface area contributed by atoms with Gasteiger partial charge in [-0.15, -0.1) is 5.10 Å². The van der Waals surface area contributed by atoms with Crippen LogP contribution in [0.2, 0.25) is 0 Å². The number of hydrogen-bond donors (Lipinski definition) is 1. The van der Waals surface area contributed by atoms with Crippen LogP contribution in [0.1, 0.15) is 23.1 Å². The van der Waals surface area contributed by atoms with E-state index in [4.69, 9.17) is 0 Å². The van der Waals surface area contributed by atoms with Gasteiger partial charge in [0.2, 0.25) is 0 Å². The van der Waals surface area contributed by atoms with Crippen molar-refractivity contribution in [3.63, 3.8) is 0 Å². The molecule has 4 rings (SSSR count). The summed E-state index contributed by atoms with van der Waals surface area (Å²) in [6.07, 6.45) is -0.383. The van der Waals surface area contributed by atoms with Crippen LogP contribution >= 0.6 is 0 Å². The lowest BCUT2D eigenvalue weighted by Gasteiger charge is -2.28. The predicted octanol–water partition coefficient (Wildman–Crippen LogP) is 2.64. The van der Waals surface area contributed by atoms with Crippen LogP contribution < -0.4 is 0 Å². The molecular formula is C19H18F2N4O. The van der Waals surface area contributed by atoms with Crippen molar-refractivity contribution in [3.05, 3.63) is 77.1 Å². The van der Waals surface area contributed by atoms with E-state index in [9.17, 15) is 13.9 Å². The number of para-hydroxylation sites is 1. The number of rotatable bonds is 4. The highest BCUT2D eigenvalue weighted by atomic mass is 19.1. The van der Waals surface area contributed by atoms with Gasteiger partial charge in [-0.05, 0) is 30.3 Å². The molecule has 0 saturated carbocycles. The van der Waals surface area contributed by atoms with Crippen molar-refractivity contribution in [3.8, 4) is 5.69 Å². The lowest BCUT2D eigenvalue weighted by atomic mass is 10.1. The van der Waals surface area contributed by atoms with Crippen molar-refractivity contribution in [2.75, 3.05) is 13.1 Å². The van der Waals surface area contributed by atoms with Gasteiger partial charge in [-0.2, -0.15) is 0 Å². The molecule has 0 bridgehead atoms. The third-order valence-electron chi connectivity index (χ3n) is 4.63. The van der Waals surface area contributed by atoms with E-state index >= 15 is 0 Å². The standard InChI is InChI=1S/C19H18F2N4O/c20-13-6-7-16(21)15(10-13)19(26)12-24-9-8-18-17(11-24)22-23-25(18)14-4-2-1-3-5-14/h1-7,10,19,26H,8-9,11-12H2. The first-order chi connectivity index (χ1) is 12.6. The molecule has 3 aromatic rings. The monoisotopic (exact) mass is 356 g/mol. The summed E-state index contributed by atoms with van der Waals surface area (Å²) < 4.78 is 29.0. The first kappa shape index (κ1) is 16.8. The largest absolute Gasteiger partial charge is 0.387 e. The fourth-order valence-corrected chi connectivity index (χ4v) is 3.31. The normalized spacial score (nSPS) is 15.7. The van der Waals surface area contributed by atoms with E-state index in [0.717, 1.165) is 41.7 Å². The first-order valence-corrected chi connectivity index (χ1v) is 8.46. The van der Waals surface area contributed by atoms with Crippen LogP contribution in [0, 0.1) is 11.6 Å². The molecule has 0 saturated heterocycles. The zero-order valence-corrected chi connectivity index (χ0v) is 14.0. The smallest absolute Gasteiger partial charge is 0.129 e. The van der Waals surface area contributed by atoms with Crippen LogP contribution in [0.5, 0.6) is 0 Å². The second-order valence-corrected chi connectivity index (χ2v) is 6.40. The molecule has 26 heavy (non-hydrogen) atoms. The highest BCUT2D eigenvalue weighted by molar-refractivity contribution is 5.34. The number of β-amino-alcohol motifs (C(OH)–C–C–N with tert-alkyl or cyclic N) is 1. The first-order valence-electron chi connectivity index (χ1n) is 8.46. The number of nitrogens with zero attached hydrogens (tertiary/aromatic N) is 4. The molecule has 5 nitrogen and oxygen atoms in total. The maximum Gasteiger partial charge on any atom is 0.129 e. The maximum atomic E-state index is 13.8. The van der Waals surface area contributed by atoms with Crippen molar-refractivity contribution in [2.24, 2.45) is 0 Å². The molecule has 0 fully saturated rings. The van der Waals surface area contributed by atoms with Gasteiger partial charge >= 0.3 is 0 Å². The highest BCUT2D eigenvalue weighted by Crippen LogP contribution is 2.24. The van der Waals surface area contributed by atoms with E-state index in [1.165, 1.54) is 0 Å². The van der Waals surface area contributed by atoms with Crippen LogP contribution in [0.4, 0.5) is 8.78 Å². The van der Waals surface area contributed by atoms with Gasteiger partial charge in [0.05, 0.1) is 17.5 Å². The number of benzene rings is 2. The Hall–Kier alpha value is -2.64. The van der Waals surface area contributed by atoms with E-state index in [0.29, 0.717) is 13.1 Å². The Balaban J connectivity index is 1.49. The van der Waals surface area contributed by atoms with E-state index in [1.807, 2.05) is 39.9 Å². The Morgan fingerprint density at radius 1 is 1.12 bits per heavy atom. The summed E-state index contributed by atoms with van der Waals surface area (Å²) >= 11 is 0. The molecule has 1 aliphatic rings. The summed E-state index contributed by atoms with van der Waals surface area (Å²) in [6.45, 7) is 1.40. The summed E-state index contributed by atoms with van der Waals surface area (Å²) in [6, 6.07) is 12.9.